The minimum Gasteiger partial charge on any atom is -0.338 e. The van der Waals surface area contributed by atoms with Gasteiger partial charge in [-0.05, 0) is 12.5 Å². The topological polar surface area (TPSA) is 76.3 Å². The average Bonchev–Trinajstić information content (AvgIpc) is 2.62. The molecule has 1 N–H and O–H groups in total. The molecule has 2 aromatic rings. The van der Waals surface area contributed by atoms with Gasteiger partial charge in [-0.15, -0.1) is 12.4 Å². The van der Waals surface area contributed by atoms with Crippen LogP contribution in [0.3, 0.4) is 0 Å². The van der Waals surface area contributed by atoms with Gasteiger partial charge in [0.1, 0.15) is 6.54 Å². The van der Waals surface area contributed by atoms with Crippen molar-refractivity contribution in [1.82, 2.24) is 19.4 Å². The molecule has 1 aromatic heterocycles. The van der Waals surface area contributed by atoms with Gasteiger partial charge < -0.3 is 10.2 Å². The summed E-state index contributed by atoms with van der Waals surface area (Å²) in [5, 5.41) is 3.26. The van der Waals surface area contributed by atoms with Crippen LogP contribution < -0.4 is 16.6 Å². The maximum atomic E-state index is 12.6. The smallest absolute Gasteiger partial charge is 0.331 e. The first-order chi connectivity index (χ1) is 12.0. The number of nitrogens with zero attached hydrogens (tertiary/aromatic N) is 3. The lowest BCUT2D eigenvalue weighted by Crippen LogP contribution is -2.53. The first-order valence-corrected chi connectivity index (χ1v) is 8.40. The molecule has 1 atom stereocenters. The quantitative estimate of drug-likeness (QED) is 0.830. The van der Waals surface area contributed by atoms with Gasteiger partial charge in [0.2, 0.25) is 5.91 Å². The molecule has 140 valence electrons. The van der Waals surface area contributed by atoms with E-state index in [1.54, 1.807) is 4.90 Å². The Morgan fingerprint density at radius 2 is 1.92 bits per heavy atom. The highest BCUT2D eigenvalue weighted by atomic mass is 35.5. The summed E-state index contributed by atoms with van der Waals surface area (Å²) in [7, 11) is 0. The normalized spacial score (nSPS) is 16.8. The van der Waals surface area contributed by atoms with E-state index in [0.29, 0.717) is 19.6 Å². The number of hydrogen-bond acceptors (Lipinski definition) is 4. The Hall–Kier alpha value is -2.38. The van der Waals surface area contributed by atoms with Crippen LogP contribution >= 0.6 is 12.4 Å². The lowest BCUT2D eigenvalue weighted by atomic mass is 10.2. The average molecular weight is 379 g/mol. The van der Waals surface area contributed by atoms with E-state index < -0.39 is 11.2 Å². The molecule has 1 fully saturated rings. The molecule has 1 aliphatic rings. The Balaban J connectivity index is 0.00000243. The molecule has 26 heavy (non-hydrogen) atoms. The zero-order chi connectivity index (χ0) is 17.8. The summed E-state index contributed by atoms with van der Waals surface area (Å²) in [4.78, 5) is 38.9. The fraction of sp³-hybridized carbons (Fsp3) is 0.389. The second-order valence-corrected chi connectivity index (χ2v) is 6.33. The molecular weight excluding hydrogens is 356 g/mol. The number of aromatic nitrogens is 2. The second kappa shape index (κ2) is 8.82. The fourth-order valence-corrected chi connectivity index (χ4v) is 3.00. The molecule has 0 aliphatic carbocycles. The van der Waals surface area contributed by atoms with E-state index in [9.17, 15) is 14.4 Å². The highest BCUT2D eigenvalue weighted by Crippen LogP contribution is 2.01. The van der Waals surface area contributed by atoms with Crippen LogP contribution in [-0.2, 0) is 17.9 Å². The molecule has 7 nitrogen and oxygen atoms in total. The number of nitrogens with one attached hydrogen (secondary N) is 1. The van der Waals surface area contributed by atoms with Crippen LogP contribution in [0.1, 0.15) is 12.5 Å². The predicted molar refractivity (Wildman–Crippen MR) is 102 cm³/mol. The second-order valence-electron chi connectivity index (χ2n) is 6.33. The molecule has 8 heteroatoms. The van der Waals surface area contributed by atoms with Crippen molar-refractivity contribution in [2.75, 3.05) is 19.6 Å². The van der Waals surface area contributed by atoms with Gasteiger partial charge in [0.25, 0.3) is 5.56 Å². The van der Waals surface area contributed by atoms with Crippen molar-refractivity contribution in [2.24, 2.45) is 0 Å². The molecule has 1 aliphatic heterocycles. The van der Waals surface area contributed by atoms with Gasteiger partial charge in [-0.3, -0.25) is 18.7 Å². The number of benzene rings is 1. The standard InChI is InChI=1S/C18H22N4O3.ClH/c1-14-11-20(10-8-19-14)17(24)13-22-16(23)7-9-21(18(22)25)12-15-5-3-2-4-6-15;/h2-7,9,14,19H,8,10-13H2,1H3;1H. The molecule has 1 amide bonds. The van der Waals surface area contributed by atoms with Crippen LogP contribution in [0.2, 0.25) is 0 Å². The van der Waals surface area contributed by atoms with Crippen LogP contribution in [0, 0.1) is 0 Å². The van der Waals surface area contributed by atoms with E-state index in [1.165, 1.54) is 16.8 Å². The third kappa shape index (κ3) is 4.62. The Morgan fingerprint density at radius 1 is 1.19 bits per heavy atom. The number of hydrogen-bond donors (Lipinski definition) is 1. The molecule has 0 bridgehead atoms. The SMILES string of the molecule is CC1CN(C(=O)Cn2c(=O)ccn(Cc3ccccc3)c2=O)CCN1.Cl. The molecule has 0 radical (unpaired) electrons. The molecule has 2 heterocycles. The monoisotopic (exact) mass is 378 g/mol. The van der Waals surface area contributed by atoms with Gasteiger partial charge in [0.15, 0.2) is 0 Å². The number of amides is 1. The molecular formula is C18H23ClN4O3. The lowest BCUT2D eigenvalue weighted by Gasteiger charge is -2.32. The molecule has 0 saturated carbocycles. The summed E-state index contributed by atoms with van der Waals surface area (Å²) >= 11 is 0. The molecule has 1 unspecified atom stereocenters. The number of piperazine rings is 1. The largest absolute Gasteiger partial charge is 0.338 e. The third-order valence-electron chi connectivity index (χ3n) is 4.35. The van der Waals surface area contributed by atoms with Gasteiger partial charge in [-0.2, -0.15) is 0 Å². The van der Waals surface area contributed by atoms with Crippen LogP contribution in [-0.4, -0.2) is 45.6 Å². The van der Waals surface area contributed by atoms with Crippen LogP contribution in [0.4, 0.5) is 0 Å². The van der Waals surface area contributed by atoms with Gasteiger partial charge in [-0.1, -0.05) is 30.3 Å². The lowest BCUT2D eigenvalue weighted by molar-refractivity contribution is -0.133. The number of carbonyl (C=O) groups excluding carboxylic acids is 1. The Kier molecular flexibility index (Phi) is 6.76. The van der Waals surface area contributed by atoms with Gasteiger partial charge >= 0.3 is 5.69 Å². The van der Waals surface area contributed by atoms with Gasteiger partial charge in [0.05, 0.1) is 6.54 Å². The van der Waals surface area contributed by atoms with Crippen molar-refractivity contribution in [3.8, 4) is 0 Å². The Labute approximate surface area is 157 Å². The van der Waals surface area contributed by atoms with Crippen LogP contribution in [0.5, 0.6) is 0 Å². The van der Waals surface area contributed by atoms with Gasteiger partial charge in [0, 0.05) is 37.9 Å². The molecule has 0 spiro atoms. The number of halogens is 1. The van der Waals surface area contributed by atoms with Crippen molar-refractivity contribution in [3.63, 3.8) is 0 Å². The minimum absolute atomic E-state index is 0. The summed E-state index contributed by atoms with van der Waals surface area (Å²) in [5.74, 6) is -0.204. The van der Waals surface area contributed by atoms with E-state index in [2.05, 4.69) is 5.32 Å². The van der Waals surface area contributed by atoms with Crippen LogP contribution in [0.15, 0.2) is 52.2 Å². The molecule has 1 aromatic carbocycles. The molecule has 1 saturated heterocycles. The van der Waals surface area contributed by atoms with E-state index >= 15 is 0 Å². The zero-order valence-electron chi connectivity index (χ0n) is 14.6. The molecule has 3 rings (SSSR count). The number of carbonyl (C=O) groups is 1. The number of rotatable bonds is 4. The third-order valence-corrected chi connectivity index (χ3v) is 4.35. The van der Waals surface area contributed by atoms with E-state index in [-0.39, 0.29) is 30.9 Å². The first kappa shape index (κ1) is 19.9. The predicted octanol–water partition coefficient (Wildman–Crippen LogP) is 0.300. The van der Waals surface area contributed by atoms with E-state index in [4.69, 9.17) is 0 Å². The maximum absolute atomic E-state index is 12.6. The highest BCUT2D eigenvalue weighted by Gasteiger charge is 2.21. The van der Waals surface area contributed by atoms with Gasteiger partial charge in [-0.25, -0.2) is 4.79 Å². The highest BCUT2D eigenvalue weighted by molar-refractivity contribution is 5.85. The summed E-state index contributed by atoms with van der Waals surface area (Å²) in [6, 6.07) is 11.1. The first-order valence-electron chi connectivity index (χ1n) is 8.40. The van der Waals surface area contributed by atoms with Crippen molar-refractivity contribution in [3.05, 3.63) is 69.0 Å². The van der Waals surface area contributed by atoms with E-state index in [0.717, 1.165) is 16.7 Å². The van der Waals surface area contributed by atoms with Crippen molar-refractivity contribution >= 4 is 18.3 Å². The van der Waals surface area contributed by atoms with Crippen molar-refractivity contribution < 1.29 is 4.79 Å². The summed E-state index contributed by atoms with van der Waals surface area (Å²) in [6.07, 6.45) is 1.48. The van der Waals surface area contributed by atoms with Crippen LogP contribution in [0.25, 0.3) is 0 Å². The Bertz CT molecular complexity index is 863. The summed E-state index contributed by atoms with van der Waals surface area (Å²) in [5.41, 5.74) is 0.0378. The summed E-state index contributed by atoms with van der Waals surface area (Å²) < 4.78 is 2.46. The van der Waals surface area contributed by atoms with E-state index in [1.807, 2.05) is 37.3 Å². The Morgan fingerprint density at radius 3 is 2.62 bits per heavy atom. The van der Waals surface area contributed by atoms with Crippen molar-refractivity contribution in [1.29, 1.82) is 0 Å². The fourth-order valence-electron chi connectivity index (χ4n) is 3.00. The maximum Gasteiger partial charge on any atom is 0.331 e. The minimum atomic E-state index is -0.465. The zero-order valence-corrected chi connectivity index (χ0v) is 15.4. The summed E-state index contributed by atoms with van der Waals surface area (Å²) in [6.45, 7) is 4.02. The van der Waals surface area contributed by atoms with Crippen molar-refractivity contribution in [2.45, 2.75) is 26.1 Å².